The highest BCUT2D eigenvalue weighted by atomic mass is 16.5. The van der Waals surface area contributed by atoms with Gasteiger partial charge in [0.05, 0.1) is 19.0 Å². The Labute approximate surface area is 241 Å². The number of ether oxygens (including phenoxy) is 1. The predicted molar refractivity (Wildman–Crippen MR) is 158 cm³/mol. The van der Waals surface area contributed by atoms with Gasteiger partial charge in [-0.3, -0.25) is 9.36 Å². The molecule has 12 nitrogen and oxygen atoms in total. The van der Waals surface area contributed by atoms with E-state index in [1.807, 2.05) is 42.9 Å². The van der Waals surface area contributed by atoms with E-state index >= 15 is 0 Å². The Morgan fingerprint density at radius 1 is 0.810 bits per heavy atom. The van der Waals surface area contributed by atoms with Crippen LogP contribution in [0.2, 0.25) is 0 Å². The molecule has 0 unspecified atom stereocenters. The van der Waals surface area contributed by atoms with Crippen molar-refractivity contribution in [3.63, 3.8) is 0 Å². The van der Waals surface area contributed by atoms with Crippen LogP contribution in [0, 0.1) is 0 Å². The first kappa shape index (κ1) is 28.3. The highest BCUT2D eigenvalue weighted by Crippen LogP contribution is 2.29. The quantitative estimate of drug-likeness (QED) is 0.228. The molecule has 216 valence electrons. The SMILES string of the molecule is CC(C)(C(=O)O)n1cc(-c2ccnc3[nH]ccc23)cn1.CCOC(=O)C(C)(C)n1cc(-c2ccnc3[nH]ccc23)cn1. The zero-order chi connectivity index (χ0) is 30.1. The molecule has 0 aliphatic heterocycles. The number of carbonyl (C=O) groups excluding carboxylic acids is 1. The second kappa shape index (κ2) is 11.0. The second-order valence-corrected chi connectivity index (χ2v) is 10.7. The minimum atomic E-state index is -1.08. The Kier molecular flexibility index (Phi) is 7.38. The summed E-state index contributed by atoms with van der Waals surface area (Å²) in [6.07, 6.45) is 14.2. The van der Waals surface area contributed by atoms with Crippen LogP contribution < -0.4 is 0 Å². The van der Waals surface area contributed by atoms with E-state index in [4.69, 9.17) is 4.74 Å². The summed E-state index contributed by atoms with van der Waals surface area (Å²) in [4.78, 5) is 38.0. The van der Waals surface area contributed by atoms with Crippen molar-refractivity contribution in [2.75, 3.05) is 6.61 Å². The number of carbonyl (C=O) groups is 2. The maximum absolute atomic E-state index is 12.1. The number of aromatic amines is 2. The Hall–Kier alpha value is -5.26. The zero-order valence-corrected chi connectivity index (χ0v) is 24.0. The first-order valence-electron chi connectivity index (χ1n) is 13.4. The molecule has 0 radical (unpaired) electrons. The van der Waals surface area contributed by atoms with E-state index in [1.165, 1.54) is 4.68 Å². The van der Waals surface area contributed by atoms with Crippen LogP contribution in [-0.2, 0) is 25.4 Å². The van der Waals surface area contributed by atoms with Crippen molar-refractivity contribution < 1.29 is 19.4 Å². The molecule has 0 saturated heterocycles. The number of nitrogens with zero attached hydrogens (tertiary/aromatic N) is 6. The molecule has 0 aliphatic carbocycles. The summed E-state index contributed by atoms with van der Waals surface area (Å²) in [7, 11) is 0. The number of aromatic nitrogens is 8. The number of nitrogens with one attached hydrogen (secondary N) is 2. The van der Waals surface area contributed by atoms with Crippen LogP contribution in [0.5, 0.6) is 0 Å². The van der Waals surface area contributed by atoms with E-state index < -0.39 is 17.0 Å². The standard InChI is InChI=1S/C16H18N4O2.C14H14N4O2/c1-4-22-15(21)16(2,3)20-10-11(9-19-20)12-5-7-17-14-13(12)6-8-18-14;1-14(2,13(19)20)18-8-9(7-17-18)10-3-5-15-12-11(10)4-6-16-12/h5-10H,4H2,1-3H3,(H,17,18);3-8H,1-2H3,(H,15,16)(H,19,20). The molecule has 0 aliphatic rings. The van der Waals surface area contributed by atoms with Gasteiger partial charge in [-0.2, -0.15) is 10.2 Å². The lowest BCUT2D eigenvalue weighted by Gasteiger charge is -2.22. The van der Waals surface area contributed by atoms with Gasteiger partial charge >= 0.3 is 11.9 Å². The average molecular weight is 569 g/mol. The molecular weight excluding hydrogens is 536 g/mol. The van der Waals surface area contributed by atoms with Crippen molar-refractivity contribution in [1.29, 1.82) is 0 Å². The van der Waals surface area contributed by atoms with Gasteiger partial charge in [0.25, 0.3) is 0 Å². The molecule has 0 bridgehead atoms. The number of hydrogen-bond donors (Lipinski definition) is 3. The molecule has 0 atom stereocenters. The summed E-state index contributed by atoms with van der Waals surface area (Å²) < 4.78 is 8.22. The molecule has 0 saturated carbocycles. The topological polar surface area (TPSA) is 157 Å². The molecule has 3 N–H and O–H groups in total. The van der Waals surface area contributed by atoms with Crippen LogP contribution in [-0.4, -0.2) is 63.1 Å². The lowest BCUT2D eigenvalue weighted by atomic mass is 10.1. The van der Waals surface area contributed by atoms with Crippen LogP contribution in [0.4, 0.5) is 0 Å². The Morgan fingerprint density at radius 2 is 1.29 bits per heavy atom. The number of fused-ring (bicyclic) bond motifs is 2. The third kappa shape index (κ3) is 5.14. The first-order valence-corrected chi connectivity index (χ1v) is 13.4. The molecular formula is C30H32N8O4. The molecule has 6 rings (SSSR count). The third-order valence-corrected chi connectivity index (χ3v) is 7.15. The van der Waals surface area contributed by atoms with Gasteiger partial charge in [-0.25, -0.2) is 19.6 Å². The van der Waals surface area contributed by atoms with Gasteiger partial charge in [0, 0.05) is 59.1 Å². The summed E-state index contributed by atoms with van der Waals surface area (Å²) >= 11 is 0. The number of carboxylic acids is 1. The number of pyridine rings is 2. The maximum Gasteiger partial charge on any atom is 0.333 e. The molecule has 0 fully saturated rings. The number of rotatable bonds is 7. The lowest BCUT2D eigenvalue weighted by molar-refractivity contribution is -0.152. The minimum absolute atomic E-state index is 0.300. The highest BCUT2D eigenvalue weighted by Gasteiger charge is 2.32. The van der Waals surface area contributed by atoms with Crippen LogP contribution in [0.3, 0.4) is 0 Å². The van der Waals surface area contributed by atoms with Crippen molar-refractivity contribution >= 4 is 34.0 Å². The predicted octanol–water partition coefficient (Wildman–Crippen LogP) is 4.97. The van der Waals surface area contributed by atoms with Crippen molar-refractivity contribution in [1.82, 2.24) is 39.5 Å². The van der Waals surface area contributed by atoms with Gasteiger partial charge in [-0.05, 0) is 70.0 Å². The van der Waals surface area contributed by atoms with E-state index in [-0.39, 0.29) is 5.97 Å². The molecule has 6 aromatic heterocycles. The van der Waals surface area contributed by atoms with Crippen LogP contribution in [0.15, 0.2) is 73.8 Å². The number of esters is 1. The average Bonchev–Trinajstić information content (AvgIpc) is 3.79. The molecule has 12 heteroatoms. The van der Waals surface area contributed by atoms with Gasteiger partial charge in [0.1, 0.15) is 11.3 Å². The lowest BCUT2D eigenvalue weighted by Crippen LogP contribution is -2.37. The van der Waals surface area contributed by atoms with E-state index in [1.54, 1.807) is 70.3 Å². The van der Waals surface area contributed by atoms with Crippen LogP contribution >= 0.6 is 0 Å². The monoisotopic (exact) mass is 568 g/mol. The van der Waals surface area contributed by atoms with E-state index in [0.29, 0.717) is 6.61 Å². The molecule has 0 amide bonds. The smallest absolute Gasteiger partial charge is 0.333 e. The highest BCUT2D eigenvalue weighted by molar-refractivity contribution is 5.93. The van der Waals surface area contributed by atoms with Gasteiger partial charge in [0.15, 0.2) is 11.1 Å². The molecule has 0 spiro atoms. The fourth-order valence-corrected chi connectivity index (χ4v) is 4.46. The summed E-state index contributed by atoms with van der Waals surface area (Å²) in [6, 6.07) is 7.75. The Bertz CT molecular complexity index is 1870. The summed E-state index contributed by atoms with van der Waals surface area (Å²) in [6.45, 7) is 8.96. The van der Waals surface area contributed by atoms with E-state index in [0.717, 1.165) is 44.3 Å². The minimum Gasteiger partial charge on any atom is -0.479 e. The van der Waals surface area contributed by atoms with Crippen LogP contribution in [0.25, 0.3) is 44.3 Å². The molecule has 6 aromatic rings. The van der Waals surface area contributed by atoms with Gasteiger partial charge in [-0.15, -0.1) is 0 Å². The molecule has 6 heterocycles. The summed E-state index contributed by atoms with van der Waals surface area (Å²) in [5, 5.41) is 19.8. The van der Waals surface area contributed by atoms with E-state index in [2.05, 4.69) is 30.1 Å². The van der Waals surface area contributed by atoms with Crippen molar-refractivity contribution in [3.8, 4) is 22.3 Å². The number of carboxylic acid groups (broad SMARTS) is 1. The Balaban J connectivity index is 0.000000169. The van der Waals surface area contributed by atoms with E-state index in [9.17, 15) is 14.7 Å². The largest absolute Gasteiger partial charge is 0.479 e. The number of H-pyrrole nitrogens is 2. The molecule has 42 heavy (non-hydrogen) atoms. The fraction of sp³-hybridized carbons (Fsp3) is 0.267. The molecule has 0 aromatic carbocycles. The van der Waals surface area contributed by atoms with Crippen LogP contribution in [0.1, 0.15) is 34.6 Å². The van der Waals surface area contributed by atoms with Gasteiger partial charge in [0.2, 0.25) is 0 Å². The van der Waals surface area contributed by atoms with Gasteiger partial charge in [-0.1, -0.05) is 0 Å². The number of hydrogen-bond acceptors (Lipinski definition) is 7. The second-order valence-electron chi connectivity index (χ2n) is 10.7. The van der Waals surface area contributed by atoms with Crippen molar-refractivity contribution in [2.24, 2.45) is 0 Å². The summed E-state index contributed by atoms with van der Waals surface area (Å²) in [5.41, 5.74) is 3.50. The van der Waals surface area contributed by atoms with Crippen molar-refractivity contribution in [3.05, 3.63) is 73.8 Å². The fourth-order valence-electron chi connectivity index (χ4n) is 4.46. The Morgan fingerprint density at radius 3 is 1.74 bits per heavy atom. The number of aliphatic carboxylic acids is 1. The maximum atomic E-state index is 12.1. The third-order valence-electron chi connectivity index (χ3n) is 7.15. The zero-order valence-electron chi connectivity index (χ0n) is 24.0. The van der Waals surface area contributed by atoms with Crippen molar-refractivity contribution in [2.45, 2.75) is 45.7 Å². The van der Waals surface area contributed by atoms with Gasteiger partial charge < -0.3 is 19.8 Å². The first-order chi connectivity index (χ1) is 20.0. The normalized spacial score (nSPS) is 11.8. The summed E-state index contributed by atoms with van der Waals surface area (Å²) in [5.74, 6) is -1.22.